The number of likely N-dealkylation sites (N-methyl/N-ethyl adjacent to an activating group) is 1. The number of amides is 5. The van der Waals surface area contributed by atoms with Gasteiger partial charge in [-0.2, -0.15) is 0 Å². The molecule has 2 aliphatic heterocycles. The third-order valence-corrected chi connectivity index (χ3v) is 11.8. The van der Waals surface area contributed by atoms with Crippen molar-refractivity contribution in [3.05, 3.63) is 47.5 Å². The predicted octanol–water partition coefficient (Wildman–Crippen LogP) is 3.00. The number of hydrogen-bond acceptors (Lipinski definition) is 9. The van der Waals surface area contributed by atoms with E-state index in [1.54, 1.807) is 50.2 Å². The average Bonchev–Trinajstić information content (AvgIpc) is 3.08. The summed E-state index contributed by atoms with van der Waals surface area (Å²) in [4.78, 5) is 91.6. The minimum absolute atomic E-state index is 0. The smallest absolute Gasteiger partial charge is 0.342 e. The fourth-order valence-electron chi connectivity index (χ4n) is 7.77. The van der Waals surface area contributed by atoms with Crippen LogP contribution in [0.1, 0.15) is 73.6 Å². The molecule has 2 aliphatic rings. The van der Waals surface area contributed by atoms with Crippen LogP contribution in [0.5, 0.6) is 0 Å². The summed E-state index contributed by atoms with van der Waals surface area (Å²) < 4.78 is 12.9. The predicted molar refractivity (Wildman–Crippen MR) is 216 cm³/mol. The highest BCUT2D eigenvalue weighted by molar-refractivity contribution is 7.52. The lowest BCUT2D eigenvalue weighted by molar-refractivity contribution is -0.147. The summed E-state index contributed by atoms with van der Waals surface area (Å²) in [5.41, 5.74) is 11.2. The topological polar surface area (TPSA) is 249 Å². The first-order chi connectivity index (χ1) is 24.5. The molecule has 2 aromatic rings. The van der Waals surface area contributed by atoms with Gasteiger partial charge in [-0.1, -0.05) is 45.0 Å². The van der Waals surface area contributed by atoms with Crippen LogP contribution in [-0.2, 0) is 14.2 Å². The van der Waals surface area contributed by atoms with Gasteiger partial charge in [0.05, 0.1) is 6.04 Å². The van der Waals surface area contributed by atoms with Crippen LogP contribution in [0, 0.1) is 11.8 Å². The molecule has 55 heavy (non-hydrogen) atoms. The second-order valence-corrected chi connectivity index (χ2v) is 16.0. The number of primary amides is 1. The van der Waals surface area contributed by atoms with Crippen LogP contribution in [0.4, 0.5) is 4.79 Å². The molecule has 4 rings (SSSR count). The molecule has 0 spiro atoms. The maximum Gasteiger partial charge on any atom is 0.342 e. The molecule has 9 N–H and O–H groups in total. The number of imide groups is 1. The maximum atomic E-state index is 14.1. The number of nitrogens with one attached hydrogen (secondary N) is 2. The lowest BCUT2D eigenvalue weighted by Gasteiger charge is -2.54. The van der Waals surface area contributed by atoms with Crippen LogP contribution in [0.25, 0.3) is 10.8 Å². The summed E-state index contributed by atoms with van der Waals surface area (Å²) in [5.74, 6) is -5.89. The Labute approximate surface area is 339 Å². The first-order valence-electron chi connectivity index (χ1n) is 17.6. The van der Waals surface area contributed by atoms with Gasteiger partial charge in [0.2, 0.25) is 5.91 Å². The summed E-state index contributed by atoms with van der Waals surface area (Å²) in [6.45, 7) is 6.27. The Morgan fingerprint density at radius 1 is 0.982 bits per heavy atom. The Morgan fingerprint density at radius 2 is 1.56 bits per heavy atom. The number of hydrogen-bond donors (Lipinski definition) is 7. The zero-order valence-corrected chi connectivity index (χ0v) is 34.7. The van der Waals surface area contributed by atoms with Crippen LogP contribution >= 0.6 is 44.8 Å². The molecule has 0 aliphatic carbocycles. The molecule has 20 heteroatoms. The number of carboxylic acids is 1. The summed E-state index contributed by atoms with van der Waals surface area (Å²) in [5, 5.41) is 17.3. The number of carboxylic acid groups (broad SMARTS) is 1. The van der Waals surface area contributed by atoms with Crippen molar-refractivity contribution in [3.63, 3.8) is 0 Å². The Bertz CT molecular complexity index is 1680. The van der Waals surface area contributed by atoms with E-state index in [4.69, 9.17) is 11.5 Å². The number of rotatable bonds is 17. The van der Waals surface area contributed by atoms with Gasteiger partial charge in [-0.25, -0.2) is 9.59 Å². The van der Waals surface area contributed by atoms with E-state index >= 15 is 0 Å². The molecule has 0 aromatic heterocycles. The second kappa shape index (κ2) is 20.9. The summed E-state index contributed by atoms with van der Waals surface area (Å²) in [6.07, 6.45) is 0.824. The standard InChI is InChI=1S/C35H52N7O9P.3ClH/c1-5-35(20-41(34(37)48)18-17-40(35)4)25(13-8-15-36)29(33(46)47)39-30(43)26(19-21(2)3)38-27(52(49,50)51)14-16-42-31(44)23-11-6-9-22-10-7-12-24(28(22)23)32(42)45;;;/h6-7,9-12,21,25-27,29,38H,5,8,13-20,36H2,1-4H3,(H2,37,48)(H,39,43)(H,46,47)(H2,49,50,51);3*1H/t25?,26?,27-,29?,35+;;;/m0.../s1. The minimum atomic E-state index is -5.01. The maximum absolute atomic E-state index is 14.1. The van der Waals surface area contributed by atoms with Crippen LogP contribution < -0.4 is 22.1 Å². The SMILES string of the molecule is CC[C@]1(C(CCCN)C(NC(=O)C(CC(C)C)N[C@H](CCN2C(=O)c3cccc4cccc(c34)C2=O)P(=O)(O)O)C(=O)O)CN(C(N)=O)CCN1C.Cl.Cl.Cl. The van der Waals surface area contributed by atoms with E-state index in [9.17, 15) is 43.4 Å². The Morgan fingerprint density at radius 3 is 2.04 bits per heavy atom. The second-order valence-electron chi connectivity index (χ2n) is 14.2. The van der Waals surface area contributed by atoms with Crippen molar-refractivity contribution in [2.75, 3.05) is 39.8 Å². The highest BCUT2D eigenvalue weighted by atomic mass is 35.5. The number of aliphatic carboxylic acids is 1. The zero-order chi connectivity index (χ0) is 38.5. The quantitative estimate of drug-likeness (QED) is 0.0897. The molecule has 2 heterocycles. The van der Waals surface area contributed by atoms with Crippen LogP contribution in [-0.4, -0.2) is 122 Å². The number of benzene rings is 2. The normalized spacial score (nSPS) is 19.4. The Hall–Kier alpha value is -3.05. The third kappa shape index (κ3) is 11.1. The van der Waals surface area contributed by atoms with Crippen molar-refractivity contribution in [2.45, 2.75) is 76.3 Å². The van der Waals surface area contributed by atoms with Crippen LogP contribution in [0.15, 0.2) is 36.4 Å². The van der Waals surface area contributed by atoms with E-state index in [-0.39, 0.29) is 69.2 Å². The third-order valence-electron chi connectivity index (χ3n) is 10.5. The van der Waals surface area contributed by atoms with Gasteiger partial charge in [-0.3, -0.25) is 34.1 Å². The van der Waals surface area contributed by atoms with Gasteiger partial charge in [0.1, 0.15) is 11.8 Å². The van der Waals surface area contributed by atoms with E-state index in [2.05, 4.69) is 10.6 Å². The van der Waals surface area contributed by atoms with Gasteiger partial charge in [0.15, 0.2) is 0 Å². The molecule has 3 unspecified atom stereocenters. The Balaban J connectivity index is 0.00000504. The lowest BCUT2D eigenvalue weighted by Crippen LogP contribution is -2.69. The van der Waals surface area contributed by atoms with E-state index in [0.717, 1.165) is 4.90 Å². The molecular weight excluding hydrogens is 800 g/mol. The molecule has 1 saturated heterocycles. The number of halogens is 3. The molecule has 0 saturated carbocycles. The van der Waals surface area contributed by atoms with E-state index < -0.39 is 73.1 Å². The number of carbonyl (C=O) groups excluding carboxylic acids is 4. The summed E-state index contributed by atoms with van der Waals surface area (Å²) in [6, 6.07) is 6.76. The van der Waals surface area contributed by atoms with Crippen molar-refractivity contribution in [2.24, 2.45) is 23.3 Å². The Kier molecular flexibility index (Phi) is 19.0. The van der Waals surface area contributed by atoms with Crippen molar-refractivity contribution >= 4 is 85.3 Å². The lowest BCUT2D eigenvalue weighted by atomic mass is 9.72. The summed E-state index contributed by atoms with van der Waals surface area (Å²) >= 11 is 0. The van der Waals surface area contributed by atoms with E-state index in [1.165, 1.54) is 4.90 Å². The van der Waals surface area contributed by atoms with E-state index in [1.807, 2.05) is 18.9 Å². The molecule has 16 nitrogen and oxygen atoms in total. The largest absolute Gasteiger partial charge is 0.480 e. The van der Waals surface area contributed by atoms with Gasteiger partial charge in [0, 0.05) is 54.1 Å². The highest BCUT2D eigenvalue weighted by Gasteiger charge is 2.51. The van der Waals surface area contributed by atoms with Crippen molar-refractivity contribution in [1.29, 1.82) is 0 Å². The number of nitrogens with two attached hydrogens (primary N) is 2. The van der Waals surface area contributed by atoms with Crippen LogP contribution in [0.2, 0.25) is 0 Å². The van der Waals surface area contributed by atoms with Gasteiger partial charge in [-0.05, 0) is 69.1 Å². The van der Waals surface area contributed by atoms with Gasteiger partial charge in [0.25, 0.3) is 11.8 Å². The van der Waals surface area contributed by atoms with E-state index in [0.29, 0.717) is 54.3 Å². The zero-order valence-electron chi connectivity index (χ0n) is 31.4. The molecule has 310 valence electrons. The molecule has 2 aromatic carbocycles. The molecule has 5 amide bonds. The first-order valence-corrected chi connectivity index (χ1v) is 19.3. The fraction of sp³-hybridized carbons (Fsp3) is 0.571. The molecule has 1 fully saturated rings. The summed E-state index contributed by atoms with van der Waals surface area (Å²) in [7, 11) is -3.17. The van der Waals surface area contributed by atoms with Crippen molar-refractivity contribution < 1.29 is 43.4 Å². The van der Waals surface area contributed by atoms with Gasteiger partial charge < -0.3 is 36.6 Å². The van der Waals surface area contributed by atoms with Crippen molar-refractivity contribution in [3.8, 4) is 0 Å². The average molecular weight is 855 g/mol. The number of carbonyl (C=O) groups is 5. The number of nitrogens with zero attached hydrogens (tertiary/aromatic N) is 3. The number of piperazine rings is 1. The van der Waals surface area contributed by atoms with Gasteiger partial charge in [-0.15, -0.1) is 37.2 Å². The number of urea groups is 1. The highest BCUT2D eigenvalue weighted by Crippen LogP contribution is 2.43. The minimum Gasteiger partial charge on any atom is -0.480 e. The van der Waals surface area contributed by atoms with Crippen LogP contribution in [0.3, 0.4) is 0 Å². The molecular formula is C35H55Cl3N7O9P. The molecule has 0 radical (unpaired) electrons. The van der Waals surface area contributed by atoms with Gasteiger partial charge >= 0.3 is 19.6 Å². The molecule has 0 bridgehead atoms. The van der Waals surface area contributed by atoms with Crippen molar-refractivity contribution in [1.82, 2.24) is 25.3 Å². The molecule has 5 atom stereocenters. The fourth-order valence-corrected chi connectivity index (χ4v) is 8.59. The first kappa shape index (κ1) is 50.0. The monoisotopic (exact) mass is 853 g/mol.